The minimum atomic E-state index is 0.372. The predicted octanol–water partition coefficient (Wildman–Crippen LogP) is 0.743. The lowest BCUT2D eigenvalue weighted by molar-refractivity contribution is 0.0606. The summed E-state index contributed by atoms with van der Waals surface area (Å²) in [7, 11) is 0. The van der Waals surface area contributed by atoms with Gasteiger partial charge in [0.05, 0.1) is 18.6 Å². The van der Waals surface area contributed by atoms with Gasteiger partial charge in [-0.05, 0) is 32.4 Å². The zero-order valence-corrected chi connectivity index (χ0v) is 9.82. The Labute approximate surface area is 97.6 Å². The molecule has 2 rings (SSSR count). The Morgan fingerprint density at radius 3 is 3.12 bits per heavy atom. The molecule has 0 bridgehead atoms. The van der Waals surface area contributed by atoms with Gasteiger partial charge in [0.25, 0.3) is 0 Å². The highest BCUT2D eigenvalue weighted by atomic mass is 16.5. The molecule has 2 heterocycles. The molecule has 2 unspecified atom stereocenters. The lowest BCUT2D eigenvalue weighted by atomic mass is 10.1. The summed E-state index contributed by atoms with van der Waals surface area (Å²) in [5.41, 5.74) is 0. The van der Waals surface area contributed by atoms with Crippen molar-refractivity contribution in [2.24, 2.45) is 0 Å². The minimum Gasteiger partial charge on any atom is -0.377 e. The molecular weight excluding hydrogens is 202 g/mol. The summed E-state index contributed by atoms with van der Waals surface area (Å²) in [5, 5.41) is 12.3. The van der Waals surface area contributed by atoms with Gasteiger partial charge in [-0.2, -0.15) is 5.26 Å². The van der Waals surface area contributed by atoms with E-state index in [0.717, 1.165) is 32.8 Å². The molecule has 4 heteroatoms. The van der Waals surface area contributed by atoms with Crippen molar-refractivity contribution in [1.82, 2.24) is 10.2 Å². The van der Waals surface area contributed by atoms with Crippen molar-refractivity contribution in [3.8, 4) is 6.07 Å². The Kier molecular flexibility index (Phi) is 4.58. The summed E-state index contributed by atoms with van der Waals surface area (Å²) in [6, 6.07) is 2.67. The first-order valence-electron chi connectivity index (χ1n) is 6.33. The van der Waals surface area contributed by atoms with Crippen LogP contribution in [0, 0.1) is 11.3 Å². The SMILES string of the molecule is N#CCC1CNCCCN1CC1CCCO1. The van der Waals surface area contributed by atoms with E-state index < -0.39 is 0 Å². The molecule has 2 aliphatic rings. The second-order valence-corrected chi connectivity index (χ2v) is 4.70. The van der Waals surface area contributed by atoms with Crippen molar-refractivity contribution < 1.29 is 4.74 Å². The highest BCUT2D eigenvalue weighted by molar-refractivity contribution is 4.87. The molecule has 2 saturated heterocycles. The monoisotopic (exact) mass is 223 g/mol. The summed E-state index contributed by atoms with van der Waals surface area (Å²) < 4.78 is 5.68. The van der Waals surface area contributed by atoms with Gasteiger partial charge in [-0.25, -0.2) is 0 Å². The van der Waals surface area contributed by atoms with Crippen LogP contribution >= 0.6 is 0 Å². The number of rotatable bonds is 3. The van der Waals surface area contributed by atoms with Crippen LogP contribution in [-0.4, -0.2) is 49.8 Å². The molecule has 0 aromatic heterocycles. The van der Waals surface area contributed by atoms with Crippen LogP contribution in [0.4, 0.5) is 0 Å². The molecule has 2 aliphatic heterocycles. The van der Waals surface area contributed by atoms with Gasteiger partial charge in [0, 0.05) is 25.7 Å². The summed E-state index contributed by atoms with van der Waals surface area (Å²) in [5.74, 6) is 0. The average molecular weight is 223 g/mol. The van der Waals surface area contributed by atoms with Gasteiger partial charge in [0.1, 0.15) is 0 Å². The normalized spacial score (nSPS) is 32.2. The van der Waals surface area contributed by atoms with Gasteiger partial charge >= 0.3 is 0 Å². The molecule has 4 nitrogen and oxygen atoms in total. The number of nitrogens with zero attached hydrogens (tertiary/aromatic N) is 2. The second-order valence-electron chi connectivity index (χ2n) is 4.70. The van der Waals surface area contributed by atoms with Gasteiger partial charge in [0.2, 0.25) is 0 Å². The Morgan fingerprint density at radius 2 is 2.38 bits per heavy atom. The number of hydrogen-bond donors (Lipinski definition) is 1. The fourth-order valence-corrected chi connectivity index (χ4v) is 2.58. The molecule has 0 saturated carbocycles. The molecule has 0 aromatic carbocycles. The van der Waals surface area contributed by atoms with E-state index in [9.17, 15) is 0 Å². The smallest absolute Gasteiger partial charge is 0.0702 e. The zero-order chi connectivity index (χ0) is 11.2. The maximum absolute atomic E-state index is 8.85. The van der Waals surface area contributed by atoms with Crippen LogP contribution in [0.5, 0.6) is 0 Å². The third kappa shape index (κ3) is 3.18. The van der Waals surface area contributed by atoms with E-state index in [1.54, 1.807) is 0 Å². The summed E-state index contributed by atoms with van der Waals surface area (Å²) in [6.45, 7) is 5.04. The maximum atomic E-state index is 8.85. The number of nitrogens with one attached hydrogen (secondary N) is 1. The fraction of sp³-hybridized carbons (Fsp3) is 0.917. The predicted molar refractivity (Wildman–Crippen MR) is 62.1 cm³/mol. The van der Waals surface area contributed by atoms with Gasteiger partial charge in [0.15, 0.2) is 0 Å². The maximum Gasteiger partial charge on any atom is 0.0702 e. The highest BCUT2D eigenvalue weighted by Gasteiger charge is 2.25. The molecule has 0 aliphatic carbocycles. The molecule has 1 N–H and O–H groups in total. The van der Waals surface area contributed by atoms with Crippen molar-refractivity contribution >= 4 is 0 Å². The first-order chi connectivity index (χ1) is 7.90. The van der Waals surface area contributed by atoms with Crippen LogP contribution in [-0.2, 0) is 4.74 Å². The number of ether oxygens (including phenoxy) is 1. The van der Waals surface area contributed by atoms with Crippen molar-refractivity contribution in [2.75, 3.05) is 32.8 Å². The van der Waals surface area contributed by atoms with Crippen molar-refractivity contribution in [2.45, 2.75) is 37.8 Å². The lowest BCUT2D eigenvalue weighted by Crippen LogP contribution is -2.43. The number of hydrogen-bond acceptors (Lipinski definition) is 4. The first kappa shape index (κ1) is 11.8. The molecular formula is C12H21N3O. The third-order valence-electron chi connectivity index (χ3n) is 3.48. The average Bonchev–Trinajstić information content (AvgIpc) is 2.69. The van der Waals surface area contributed by atoms with Gasteiger partial charge in [-0.3, -0.25) is 4.90 Å². The molecule has 0 radical (unpaired) electrons. The zero-order valence-electron chi connectivity index (χ0n) is 9.82. The van der Waals surface area contributed by atoms with E-state index in [0.29, 0.717) is 18.6 Å². The Morgan fingerprint density at radius 1 is 1.44 bits per heavy atom. The fourth-order valence-electron chi connectivity index (χ4n) is 2.58. The van der Waals surface area contributed by atoms with Crippen LogP contribution < -0.4 is 5.32 Å². The van der Waals surface area contributed by atoms with Gasteiger partial charge in [-0.1, -0.05) is 0 Å². The molecule has 90 valence electrons. The first-order valence-corrected chi connectivity index (χ1v) is 6.33. The standard InChI is InChI=1S/C12H21N3O/c13-5-4-11-9-14-6-2-7-15(11)10-12-3-1-8-16-12/h11-12,14H,1-4,6-10H2. The summed E-state index contributed by atoms with van der Waals surface area (Å²) >= 11 is 0. The Balaban J connectivity index is 1.88. The van der Waals surface area contributed by atoms with E-state index in [4.69, 9.17) is 10.00 Å². The topological polar surface area (TPSA) is 48.3 Å². The van der Waals surface area contributed by atoms with E-state index in [1.165, 1.54) is 19.3 Å². The quantitative estimate of drug-likeness (QED) is 0.767. The molecule has 16 heavy (non-hydrogen) atoms. The Hall–Kier alpha value is -0.630. The highest BCUT2D eigenvalue weighted by Crippen LogP contribution is 2.16. The van der Waals surface area contributed by atoms with Crippen LogP contribution in [0.15, 0.2) is 0 Å². The Bertz CT molecular complexity index is 245. The third-order valence-corrected chi connectivity index (χ3v) is 3.48. The van der Waals surface area contributed by atoms with Crippen molar-refractivity contribution in [3.63, 3.8) is 0 Å². The summed E-state index contributed by atoms with van der Waals surface area (Å²) in [4.78, 5) is 2.44. The molecule has 2 atom stereocenters. The van der Waals surface area contributed by atoms with E-state index >= 15 is 0 Å². The second kappa shape index (κ2) is 6.19. The molecule has 0 spiro atoms. The number of nitriles is 1. The van der Waals surface area contributed by atoms with E-state index in [2.05, 4.69) is 16.3 Å². The lowest BCUT2D eigenvalue weighted by Gasteiger charge is -2.30. The minimum absolute atomic E-state index is 0.372. The summed E-state index contributed by atoms with van der Waals surface area (Å²) in [6.07, 6.45) is 4.58. The largest absolute Gasteiger partial charge is 0.377 e. The van der Waals surface area contributed by atoms with Crippen LogP contribution in [0.1, 0.15) is 25.7 Å². The molecule has 2 fully saturated rings. The van der Waals surface area contributed by atoms with Gasteiger partial charge in [-0.15, -0.1) is 0 Å². The van der Waals surface area contributed by atoms with E-state index in [1.807, 2.05) is 0 Å². The van der Waals surface area contributed by atoms with Crippen LogP contribution in [0.2, 0.25) is 0 Å². The van der Waals surface area contributed by atoms with Crippen LogP contribution in [0.25, 0.3) is 0 Å². The van der Waals surface area contributed by atoms with Crippen molar-refractivity contribution in [1.29, 1.82) is 5.26 Å². The van der Waals surface area contributed by atoms with E-state index in [-0.39, 0.29) is 0 Å². The van der Waals surface area contributed by atoms with Crippen LogP contribution in [0.3, 0.4) is 0 Å². The molecule has 0 amide bonds. The van der Waals surface area contributed by atoms with Crippen molar-refractivity contribution in [3.05, 3.63) is 0 Å². The molecule has 0 aromatic rings. The van der Waals surface area contributed by atoms with Gasteiger partial charge < -0.3 is 10.1 Å².